The number of amides is 1. The van der Waals surface area contributed by atoms with Gasteiger partial charge in [0.25, 0.3) is 0 Å². The van der Waals surface area contributed by atoms with Gasteiger partial charge in [-0.25, -0.2) is 4.79 Å². The van der Waals surface area contributed by atoms with Crippen molar-refractivity contribution in [2.24, 2.45) is 0 Å². The van der Waals surface area contributed by atoms with Crippen LogP contribution in [0.25, 0.3) is 0 Å². The van der Waals surface area contributed by atoms with Gasteiger partial charge in [-0.2, -0.15) is 0 Å². The molecule has 2 saturated heterocycles. The van der Waals surface area contributed by atoms with Crippen molar-refractivity contribution in [3.8, 4) is 0 Å². The average molecular weight is 243 g/mol. The third kappa shape index (κ3) is 2.90. The van der Waals surface area contributed by atoms with Crippen molar-refractivity contribution >= 4 is 6.09 Å². The Hall–Kier alpha value is -0.810. The lowest BCUT2D eigenvalue weighted by Crippen LogP contribution is -2.59. The van der Waals surface area contributed by atoms with Crippen LogP contribution < -0.4 is 0 Å². The van der Waals surface area contributed by atoms with E-state index in [1.54, 1.807) is 4.90 Å². The van der Waals surface area contributed by atoms with E-state index in [1.165, 1.54) is 0 Å². The first-order valence-electron chi connectivity index (χ1n) is 6.13. The predicted octanol–water partition coefficient (Wildman–Crippen LogP) is 2.11. The van der Waals surface area contributed by atoms with E-state index < -0.39 is 11.4 Å². The lowest BCUT2D eigenvalue weighted by molar-refractivity contribution is -0.453. The fourth-order valence-corrected chi connectivity index (χ4v) is 2.21. The average Bonchev–Trinajstić information content (AvgIpc) is 2.14. The quantitative estimate of drug-likeness (QED) is 0.653. The van der Waals surface area contributed by atoms with Crippen molar-refractivity contribution < 1.29 is 19.0 Å². The summed E-state index contributed by atoms with van der Waals surface area (Å²) in [5.74, 6) is -0.433. The predicted molar refractivity (Wildman–Crippen MR) is 61.4 cm³/mol. The molecular formula is C12H21NO4. The van der Waals surface area contributed by atoms with Gasteiger partial charge in [-0.3, -0.25) is 0 Å². The number of ether oxygens (including phenoxy) is 3. The molecule has 0 unspecified atom stereocenters. The molecule has 0 bridgehead atoms. The van der Waals surface area contributed by atoms with E-state index in [-0.39, 0.29) is 12.4 Å². The molecule has 17 heavy (non-hydrogen) atoms. The molecule has 5 nitrogen and oxygen atoms in total. The fourth-order valence-electron chi connectivity index (χ4n) is 2.21. The molecule has 0 N–H and O–H groups in total. The zero-order valence-corrected chi connectivity index (χ0v) is 11.0. The standard InChI is InChI=1S/C12H21NO4/c1-9-15-12(16-9)5-7-13(8-6-12)10(14)17-11(2,3)4/h9H,5-8H2,1-4H3. The molecule has 0 aliphatic carbocycles. The SMILES string of the molecule is CC1OC2(CCN(C(=O)OC(C)(C)C)CC2)O1. The molecule has 2 fully saturated rings. The number of carbonyl (C=O) groups excluding carboxylic acids is 1. The molecule has 0 aromatic rings. The number of carbonyl (C=O) groups is 1. The number of likely N-dealkylation sites (tertiary alicyclic amines) is 1. The van der Waals surface area contributed by atoms with Crippen LogP contribution in [-0.4, -0.2) is 41.8 Å². The van der Waals surface area contributed by atoms with Crippen LogP contribution in [0.3, 0.4) is 0 Å². The molecule has 2 rings (SSSR count). The van der Waals surface area contributed by atoms with Crippen LogP contribution >= 0.6 is 0 Å². The Kier molecular flexibility index (Phi) is 3.08. The fraction of sp³-hybridized carbons (Fsp3) is 0.917. The Balaban J connectivity index is 1.81. The minimum atomic E-state index is -0.440. The number of hydrogen-bond donors (Lipinski definition) is 0. The molecule has 2 aliphatic rings. The highest BCUT2D eigenvalue weighted by Gasteiger charge is 2.47. The van der Waals surface area contributed by atoms with Crippen molar-refractivity contribution in [2.75, 3.05) is 13.1 Å². The van der Waals surface area contributed by atoms with Crippen molar-refractivity contribution in [3.63, 3.8) is 0 Å². The summed E-state index contributed by atoms with van der Waals surface area (Å²) in [6.45, 7) is 8.75. The maximum Gasteiger partial charge on any atom is 0.410 e. The largest absolute Gasteiger partial charge is 0.444 e. The molecule has 1 amide bonds. The van der Waals surface area contributed by atoms with Crippen molar-refractivity contribution in [2.45, 2.75) is 58.2 Å². The van der Waals surface area contributed by atoms with Crippen LogP contribution in [0.4, 0.5) is 4.79 Å². The maximum atomic E-state index is 11.8. The van der Waals surface area contributed by atoms with E-state index in [9.17, 15) is 4.79 Å². The minimum absolute atomic E-state index is 0.108. The summed E-state index contributed by atoms with van der Waals surface area (Å²) in [4.78, 5) is 13.5. The highest BCUT2D eigenvalue weighted by atomic mass is 16.9. The van der Waals surface area contributed by atoms with Crippen LogP contribution in [0.2, 0.25) is 0 Å². The summed E-state index contributed by atoms with van der Waals surface area (Å²) in [5, 5.41) is 0. The molecule has 0 atom stereocenters. The van der Waals surface area contributed by atoms with Crippen LogP contribution in [0.1, 0.15) is 40.5 Å². The highest BCUT2D eigenvalue weighted by Crippen LogP contribution is 2.38. The van der Waals surface area contributed by atoms with E-state index in [0.29, 0.717) is 13.1 Å². The third-order valence-electron chi connectivity index (χ3n) is 2.94. The van der Waals surface area contributed by atoms with Gasteiger partial charge in [-0.15, -0.1) is 0 Å². The van der Waals surface area contributed by atoms with Crippen molar-refractivity contribution in [1.29, 1.82) is 0 Å². The second-order valence-corrected chi connectivity index (χ2v) is 5.68. The zero-order valence-electron chi connectivity index (χ0n) is 11.0. The molecule has 1 spiro atoms. The maximum absolute atomic E-state index is 11.8. The normalized spacial score (nSPS) is 24.6. The molecule has 2 aliphatic heterocycles. The van der Waals surface area contributed by atoms with Crippen LogP contribution in [0, 0.1) is 0 Å². The van der Waals surface area contributed by atoms with Crippen molar-refractivity contribution in [3.05, 3.63) is 0 Å². The molecule has 0 saturated carbocycles. The van der Waals surface area contributed by atoms with Gasteiger partial charge in [0, 0.05) is 25.9 Å². The molecule has 2 heterocycles. The summed E-state index contributed by atoms with van der Waals surface area (Å²) in [7, 11) is 0. The van der Waals surface area contributed by atoms with Gasteiger partial charge >= 0.3 is 6.09 Å². The van der Waals surface area contributed by atoms with Gasteiger partial charge in [0.15, 0.2) is 12.1 Å². The van der Waals surface area contributed by atoms with Gasteiger partial charge in [0.1, 0.15) is 5.60 Å². The Morgan fingerprint density at radius 2 is 1.82 bits per heavy atom. The van der Waals surface area contributed by atoms with E-state index in [1.807, 2.05) is 27.7 Å². The monoisotopic (exact) mass is 243 g/mol. The third-order valence-corrected chi connectivity index (χ3v) is 2.94. The van der Waals surface area contributed by atoms with Crippen LogP contribution in [0.5, 0.6) is 0 Å². The molecular weight excluding hydrogens is 222 g/mol. The highest BCUT2D eigenvalue weighted by molar-refractivity contribution is 5.68. The molecule has 5 heteroatoms. The Labute approximate surface area is 102 Å². The summed E-state index contributed by atoms with van der Waals surface area (Å²) in [6.07, 6.45) is 1.08. The number of hydrogen-bond acceptors (Lipinski definition) is 4. The smallest absolute Gasteiger partial charge is 0.410 e. The van der Waals surface area contributed by atoms with E-state index in [4.69, 9.17) is 14.2 Å². The number of piperidine rings is 1. The second-order valence-electron chi connectivity index (χ2n) is 5.68. The summed E-state index contributed by atoms with van der Waals surface area (Å²) in [5.41, 5.74) is -0.440. The first-order chi connectivity index (χ1) is 7.80. The molecule has 98 valence electrons. The molecule has 0 aromatic heterocycles. The van der Waals surface area contributed by atoms with Gasteiger partial charge in [-0.05, 0) is 27.7 Å². The first-order valence-corrected chi connectivity index (χ1v) is 6.13. The lowest BCUT2D eigenvalue weighted by Gasteiger charge is -2.50. The van der Waals surface area contributed by atoms with E-state index in [2.05, 4.69) is 0 Å². The molecule has 0 aromatic carbocycles. The van der Waals surface area contributed by atoms with E-state index in [0.717, 1.165) is 12.8 Å². The lowest BCUT2D eigenvalue weighted by atomic mass is 10.0. The van der Waals surface area contributed by atoms with Gasteiger partial charge in [0.05, 0.1) is 0 Å². The minimum Gasteiger partial charge on any atom is -0.444 e. The summed E-state index contributed by atoms with van der Waals surface area (Å²) >= 11 is 0. The second kappa shape index (κ2) is 4.14. The van der Waals surface area contributed by atoms with Crippen molar-refractivity contribution in [1.82, 2.24) is 4.90 Å². The Bertz CT molecular complexity index is 294. The van der Waals surface area contributed by atoms with Gasteiger partial charge in [0.2, 0.25) is 0 Å². The number of nitrogens with zero attached hydrogens (tertiary/aromatic N) is 1. The topological polar surface area (TPSA) is 48.0 Å². The number of rotatable bonds is 0. The van der Waals surface area contributed by atoms with E-state index >= 15 is 0 Å². The van der Waals surface area contributed by atoms with Gasteiger partial charge < -0.3 is 19.1 Å². The van der Waals surface area contributed by atoms with Crippen LogP contribution in [0.15, 0.2) is 0 Å². The Morgan fingerprint density at radius 3 is 2.24 bits per heavy atom. The Morgan fingerprint density at radius 1 is 1.29 bits per heavy atom. The van der Waals surface area contributed by atoms with Crippen LogP contribution in [-0.2, 0) is 14.2 Å². The summed E-state index contributed by atoms with van der Waals surface area (Å²) < 4.78 is 16.5. The summed E-state index contributed by atoms with van der Waals surface area (Å²) in [6, 6.07) is 0. The molecule has 0 radical (unpaired) electrons. The van der Waals surface area contributed by atoms with Gasteiger partial charge in [-0.1, -0.05) is 0 Å². The first kappa shape index (κ1) is 12.6. The zero-order chi connectivity index (χ0) is 12.7.